The van der Waals surface area contributed by atoms with E-state index in [1.165, 1.54) is 6.07 Å². The van der Waals surface area contributed by atoms with Crippen molar-refractivity contribution in [3.05, 3.63) is 62.8 Å². The van der Waals surface area contributed by atoms with Crippen LogP contribution in [-0.2, 0) is 24.3 Å². The highest BCUT2D eigenvalue weighted by atomic mass is 19.1. The number of aromatic nitrogens is 2. The number of nitrogens with one attached hydrogen (secondary N) is 1. The highest BCUT2D eigenvalue weighted by Crippen LogP contribution is 2.32. The van der Waals surface area contributed by atoms with Gasteiger partial charge in [-0.25, -0.2) is 13.8 Å². The molecule has 2 aliphatic heterocycles. The summed E-state index contributed by atoms with van der Waals surface area (Å²) in [6.07, 6.45) is 4.28. The average Bonchev–Trinajstić information content (AvgIpc) is 3.61. The van der Waals surface area contributed by atoms with Crippen LogP contribution in [0.1, 0.15) is 54.2 Å². The molecule has 31 heavy (non-hydrogen) atoms. The Morgan fingerprint density at radius 1 is 1.19 bits per heavy atom. The second-order valence-corrected chi connectivity index (χ2v) is 8.97. The Bertz CT molecular complexity index is 1070. The second-order valence-electron chi connectivity index (χ2n) is 8.97. The lowest BCUT2D eigenvalue weighted by Crippen LogP contribution is -2.41. The lowest BCUT2D eigenvalue weighted by Gasteiger charge is -2.33. The fourth-order valence-corrected chi connectivity index (χ4v) is 4.74. The van der Waals surface area contributed by atoms with Crippen LogP contribution in [-0.4, -0.2) is 45.3 Å². The van der Waals surface area contributed by atoms with E-state index in [9.17, 15) is 18.4 Å². The van der Waals surface area contributed by atoms with Gasteiger partial charge in [0.05, 0.1) is 17.8 Å². The third kappa shape index (κ3) is 4.26. The van der Waals surface area contributed by atoms with Crippen molar-refractivity contribution < 1.29 is 13.6 Å². The number of piperidine rings is 1. The summed E-state index contributed by atoms with van der Waals surface area (Å²) in [5.41, 5.74) is 1.56. The van der Waals surface area contributed by atoms with E-state index in [1.54, 1.807) is 4.90 Å². The minimum atomic E-state index is -0.445. The van der Waals surface area contributed by atoms with Gasteiger partial charge in [-0.2, -0.15) is 0 Å². The van der Waals surface area contributed by atoms with Gasteiger partial charge in [0.25, 0.3) is 5.56 Å². The quantitative estimate of drug-likeness (QED) is 0.813. The van der Waals surface area contributed by atoms with Crippen molar-refractivity contribution in [2.75, 3.05) is 19.6 Å². The summed E-state index contributed by atoms with van der Waals surface area (Å²) >= 11 is 0. The molecule has 1 aliphatic carbocycles. The first-order valence-electron chi connectivity index (χ1n) is 11.0. The zero-order chi connectivity index (χ0) is 21.5. The number of likely N-dealkylation sites (tertiary alicyclic amines) is 1. The fraction of sp³-hybridized carbons (Fsp3) is 0.522. The number of hydrogen-bond donors (Lipinski definition) is 1. The summed E-state index contributed by atoms with van der Waals surface area (Å²) in [5.74, 6) is 0.143. The van der Waals surface area contributed by atoms with Crippen LogP contribution in [0.4, 0.5) is 8.78 Å². The number of H-pyrrole nitrogens is 1. The predicted molar refractivity (Wildman–Crippen MR) is 110 cm³/mol. The molecule has 2 fully saturated rings. The van der Waals surface area contributed by atoms with E-state index < -0.39 is 11.6 Å². The van der Waals surface area contributed by atoms with Crippen LogP contribution in [0, 0.1) is 17.6 Å². The number of halogens is 2. The number of aromatic amines is 1. The predicted octanol–water partition coefficient (Wildman–Crippen LogP) is 2.72. The molecule has 1 N–H and O–H groups in total. The maximum Gasteiger partial charge on any atom is 0.256 e. The SMILES string of the molecule is O=C(C1CC1)N1CCc2nc([C@H]3CCCN(Cc4cc(F)ccc4F)C3)[nH]c(=O)c2C1. The van der Waals surface area contributed by atoms with Crippen LogP contribution < -0.4 is 5.56 Å². The average molecular weight is 428 g/mol. The molecule has 5 rings (SSSR count). The number of carbonyl (C=O) groups is 1. The van der Waals surface area contributed by atoms with Crippen LogP contribution in [0.3, 0.4) is 0 Å². The van der Waals surface area contributed by atoms with Crippen LogP contribution in [0.2, 0.25) is 0 Å². The Hall–Kier alpha value is -2.61. The number of benzene rings is 1. The highest BCUT2D eigenvalue weighted by molar-refractivity contribution is 5.81. The van der Waals surface area contributed by atoms with Crippen LogP contribution in [0.15, 0.2) is 23.0 Å². The Labute approximate surface area is 179 Å². The van der Waals surface area contributed by atoms with Crippen molar-refractivity contribution in [2.24, 2.45) is 5.92 Å². The van der Waals surface area contributed by atoms with E-state index in [-0.39, 0.29) is 23.3 Å². The molecule has 0 spiro atoms. The summed E-state index contributed by atoms with van der Waals surface area (Å²) in [6, 6.07) is 3.53. The van der Waals surface area contributed by atoms with E-state index >= 15 is 0 Å². The van der Waals surface area contributed by atoms with Gasteiger partial charge in [-0.1, -0.05) is 0 Å². The van der Waals surface area contributed by atoms with Gasteiger partial charge in [0.1, 0.15) is 17.5 Å². The van der Waals surface area contributed by atoms with E-state index in [0.29, 0.717) is 49.6 Å². The molecule has 164 valence electrons. The molecular formula is C23H26F2N4O2. The number of nitrogens with zero attached hydrogens (tertiary/aromatic N) is 3. The topological polar surface area (TPSA) is 69.3 Å². The lowest BCUT2D eigenvalue weighted by molar-refractivity contribution is -0.133. The number of fused-ring (bicyclic) bond motifs is 1. The van der Waals surface area contributed by atoms with Crippen molar-refractivity contribution in [3.8, 4) is 0 Å². The van der Waals surface area contributed by atoms with Crippen LogP contribution >= 0.6 is 0 Å². The van der Waals surface area contributed by atoms with E-state index in [0.717, 1.165) is 50.1 Å². The van der Waals surface area contributed by atoms with Crippen LogP contribution in [0.5, 0.6) is 0 Å². The summed E-state index contributed by atoms with van der Waals surface area (Å²) in [4.78, 5) is 36.8. The summed E-state index contributed by atoms with van der Waals surface area (Å²) < 4.78 is 27.6. The lowest BCUT2D eigenvalue weighted by atomic mass is 9.96. The van der Waals surface area contributed by atoms with Gasteiger partial charge in [0, 0.05) is 43.5 Å². The molecule has 1 aromatic carbocycles. The molecule has 0 radical (unpaired) electrons. The number of carbonyl (C=O) groups excluding carboxylic acids is 1. The summed E-state index contributed by atoms with van der Waals surface area (Å²) in [6.45, 7) is 2.69. The molecule has 1 atom stereocenters. The normalized spacial score (nSPS) is 21.7. The zero-order valence-corrected chi connectivity index (χ0v) is 17.4. The van der Waals surface area contributed by atoms with Gasteiger partial charge in [0.15, 0.2) is 0 Å². The number of hydrogen-bond acceptors (Lipinski definition) is 4. The van der Waals surface area contributed by atoms with Gasteiger partial charge < -0.3 is 9.88 Å². The molecule has 1 aromatic heterocycles. The van der Waals surface area contributed by atoms with Gasteiger partial charge in [-0.3, -0.25) is 14.5 Å². The third-order valence-corrected chi connectivity index (χ3v) is 6.62. The monoisotopic (exact) mass is 428 g/mol. The number of amides is 1. The maximum absolute atomic E-state index is 14.0. The molecule has 6 nitrogen and oxygen atoms in total. The van der Waals surface area contributed by atoms with E-state index in [1.807, 2.05) is 0 Å². The minimum Gasteiger partial charge on any atom is -0.337 e. The van der Waals surface area contributed by atoms with Crippen LogP contribution in [0.25, 0.3) is 0 Å². The van der Waals surface area contributed by atoms with Gasteiger partial charge in [-0.15, -0.1) is 0 Å². The number of rotatable bonds is 4. The molecule has 1 amide bonds. The Kier molecular flexibility index (Phi) is 5.33. The molecule has 3 aliphatic rings. The molecule has 0 bridgehead atoms. The van der Waals surface area contributed by atoms with Gasteiger partial charge in [0.2, 0.25) is 5.91 Å². The molecule has 3 heterocycles. The first-order valence-corrected chi connectivity index (χ1v) is 11.0. The molecule has 8 heteroatoms. The zero-order valence-electron chi connectivity index (χ0n) is 17.4. The van der Waals surface area contributed by atoms with Crippen molar-refractivity contribution in [1.29, 1.82) is 0 Å². The van der Waals surface area contributed by atoms with Crippen molar-refractivity contribution in [3.63, 3.8) is 0 Å². The standard InChI is InChI=1S/C23H26F2N4O2/c24-17-5-6-19(25)16(10-17)12-28-8-1-2-15(11-28)21-26-20-7-9-29(23(31)14-3-4-14)13-18(20)22(30)27-21/h5-6,10,14-15H,1-4,7-9,11-13H2,(H,26,27,30)/t15-/m0/s1. The molecule has 0 unspecified atom stereocenters. The minimum absolute atomic E-state index is 0.0366. The second kappa shape index (κ2) is 8.15. The Balaban J connectivity index is 1.31. The van der Waals surface area contributed by atoms with Gasteiger partial charge in [-0.05, 0) is 50.4 Å². The van der Waals surface area contributed by atoms with Gasteiger partial charge >= 0.3 is 0 Å². The first kappa shape index (κ1) is 20.3. The largest absolute Gasteiger partial charge is 0.337 e. The highest BCUT2D eigenvalue weighted by Gasteiger charge is 2.36. The van der Waals surface area contributed by atoms with Crippen molar-refractivity contribution >= 4 is 5.91 Å². The summed E-state index contributed by atoms with van der Waals surface area (Å²) in [5, 5.41) is 0. The van der Waals surface area contributed by atoms with Crippen molar-refractivity contribution in [1.82, 2.24) is 19.8 Å². The third-order valence-electron chi connectivity index (χ3n) is 6.62. The van der Waals surface area contributed by atoms with E-state index in [4.69, 9.17) is 4.98 Å². The molecule has 1 saturated carbocycles. The smallest absolute Gasteiger partial charge is 0.256 e. The molecule has 1 saturated heterocycles. The Morgan fingerprint density at radius 2 is 2.03 bits per heavy atom. The first-order chi connectivity index (χ1) is 15.0. The van der Waals surface area contributed by atoms with E-state index in [2.05, 4.69) is 9.88 Å². The molecule has 2 aromatic rings. The molecular weight excluding hydrogens is 402 g/mol. The summed E-state index contributed by atoms with van der Waals surface area (Å²) in [7, 11) is 0. The Morgan fingerprint density at radius 3 is 2.84 bits per heavy atom. The van der Waals surface area contributed by atoms with Crippen molar-refractivity contribution in [2.45, 2.75) is 51.1 Å². The fourth-order valence-electron chi connectivity index (χ4n) is 4.74. The maximum atomic E-state index is 14.0.